The van der Waals surface area contributed by atoms with Crippen LogP contribution in [-0.2, 0) is 11.3 Å². The minimum absolute atomic E-state index is 0.239. The summed E-state index contributed by atoms with van der Waals surface area (Å²) < 4.78 is 0. The van der Waals surface area contributed by atoms with Crippen LogP contribution in [0.2, 0.25) is 10.0 Å². The van der Waals surface area contributed by atoms with E-state index in [0.29, 0.717) is 40.7 Å². The summed E-state index contributed by atoms with van der Waals surface area (Å²) in [4.78, 5) is 38.7. The average Bonchev–Trinajstić information content (AvgIpc) is 3.21. The Hall–Kier alpha value is -2.88. The zero-order valence-corrected chi connectivity index (χ0v) is 20.0. The van der Waals surface area contributed by atoms with Gasteiger partial charge >= 0.3 is 0 Å². The fraction of sp³-hybridized carbons (Fsp3) is 0.391. The zero-order valence-electron chi connectivity index (χ0n) is 18.5. The van der Waals surface area contributed by atoms with Gasteiger partial charge in [0, 0.05) is 18.2 Å². The number of carbonyl (C=O) groups excluding carboxylic acids is 2. The van der Waals surface area contributed by atoms with Crippen molar-refractivity contribution in [3.8, 4) is 0 Å². The summed E-state index contributed by atoms with van der Waals surface area (Å²) in [6.45, 7) is 1.15. The smallest absolute Gasteiger partial charge is 0.269 e. The van der Waals surface area contributed by atoms with E-state index in [1.54, 1.807) is 12.5 Å². The van der Waals surface area contributed by atoms with Crippen molar-refractivity contribution in [2.24, 2.45) is 0 Å². The van der Waals surface area contributed by atoms with Gasteiger partial charge in [-0.3, -0.25) is 9.59 Å². The van der Waals surface area contributed by atoms with Crippen molar-refractivity contribution in [2.75, 3.05) is 6.54 Å². The summed E-state index contributed by atoms with van der Waals surface area (Å²) in [5.41, 5.74) is 2.30. The van der Waals surface area contributed by atoms with Gasteiger partial charge in [-0.25, -0.2) is 9.97 Å². The van der Waals surface area contributed by atoms with Gasteiger partial charge in [0.2, 0.25) is 5.91 Å². The van der Waals surface area contributed by atoms with Gasteiger partial charge in [-0.15, -0.1) is 0 Å². The number of imidazole rings is 2. The highest BCUT2D eigenvalue weighted by atomic mass is 35.5. The highest BCUT2D eigenvalue weighted by Crippen LogP contribution is 2.42. The molecular weight excluding hydrogens is 477 g/mol. The van der Waals surface area contributed by atoms with E-state index in [1.807, 2.05) is 18.2 Å². The van der Waals surface area contributed by atoms with Gasteiger partial charge in [-0.05, 0) is 49.9 Å². The summed E-state index contributed by atoms with van der Waals surface area (Å²) in [7, 11) is 0. The number of aromatic nitrogens is 4. The first-order chi connectivity index (χ1) is 16.5. The van der Waals surface area contributed by atoms with E-state index in [4.69, 9.17) is 23.2 Å². The Morgan fingerprint density at radius 2 is 1.91 bits per heavy atom. The quantitative estimate of drug-likeness (QED) is 0.242. The predicted molar refractivity (Wildman–Crippen MR) is 130 cm³/mol. The maximum Gasteiger partial charge on any atom is 0.269 e. The third-order valence-corrected chi connectivity index (χ3v) is 6.60. The van der Waals surface area contributed by atoms with Gasteiger partial charge in [0.05, 0.1) is 41.1 Å². The van der Waals surface area contributed by atoms with Crippen LogP contribution >= 0.6 is 23.2 Å². The number of carbonyl (C=O) groups is 2. The zero-order chi connectivity index (χ0) is 23.9. The van der Waals surface area contributed by atoms with Gasteiger partial charge in [-0.1, -0.05) is 29.3 Å². The summed E-state index contributed by atoms with van der Waals surface area (Å²) >= 11 is 12.1. The molecule has 180 valence electrons. The van der Waals surface area contributed by atoms with E-state index in [9.17, 15) is 9.59 Å². The number of nitrogens with one attached hydrogen (secondary N) is 5. The summed E-state index contributed by atoms with van der Waals surface area (Å²) in [5, 5.41) is 10.4. The van der Waals surface area contributed by atoms with Crippen molar-refractivity contribution in [1.29, 1.82) is 0 Å². The van der Waals surface area contributed by atoms with Crippen LogP contribution in [0.1, 0.15) is 53.3 Å². The Morgan fingerprint density at radius 3 is 2.65 bits per heavy atom. The van der Waals surface area contributed by atoms with Gasteiger partial charge in [0.25, 0.3) is 5.91 Å². The molecule has 2 amide bonds. The molecule has 0 spiro atoms. The van der Waals surface area contributed by atoms with E-state index in [0.717, 1.165) is 31.5 Å². The van der Waals surface area contributed by atoms with Crippen LogP contribution in [0.5, 0.6) is 0 Å². The van der Waals surface area contributed by atoms with Gasteiger partial charge < -0.3 is 25.9 Å². The van der Waals surface area contributed by atoms with Crippen molar-refractivity contribution in [1.82, 2.24) is 35.9 Å². The normalized spacial score (nSPS) is 17.8. The number of hydrogen-bond donors (Lipinski definition) is 5. The van der Waals surface area contributed by atoms with E-state index in [-0.39, 0.29) is 11.8 Å². The average molecular weight is 504 g/mol. The number of aromatic amines is 2. The van der Waals surface area contributed by atoms with Crippen molar-refractivity contribution in [2.45, 2.75) is 50.2 Å². The highest BCUT2D eigenvalue weighted by Gasteiger charge is 2.37. The number of nitrogens with zero attached hydrogens (tertiary/aromatic N) is 2. The molecule has 0 radical (unpaired) electrons. The Labute approximate surface area is 207 Å². The number of H-pyrrole nitrogens is 2. The molecule has 1 aliphatic rings. The van der Waals surface area contributed by atoms with E-state index >= 15 is 0 Å². The SMILES string of the molecule is O=C(NC(CCCCNC1CC1c1ccc(Cl)c(Cl)c1)C(=O)NCc1cnc[nH]1)c1cnc[nH]1. The monoisotopic (exact) mass is 503 g/mol. The number of rotatable bonds is 12. The molecule has 34 heavy (non-hydrogen) atoms. The fourth-order valence-corrected chi connectivity index (χ4v) is 4.17. The molecule has 3 unspecified atom stereocenters. The summed E-state index contributed by atoms with van der Waals surface area (Å²) in [5.74, 6) is -0.151. The fourth-order valence-electron chi connectivity index (χ4n) is 3.86. The minimum atomic E-state index is -0.649. The Bertz CT molecular complexity index is 1090. The Kier molecular flexibility index (Phi) is 8.21. The molecule has 1 fully saturated rings. The maximum absolute atomic E-state index is 12.8. The Morgan fingerprint density at radius 1 is 1.09 bits per heavy atom. The lowest BCUT2D eigenvalue weighted by Gasteiger charge is -2.18. The first-order valence-electron chi connectivity index (χ1n) is 11.2. The first kappa shape index (κ1) is 24.3. The summed E-state index contributed by atoms with van der Waals surface area (Å²) in [6.07, 6.45) is 9.31. The van der Waals surface area contributed by atoms with Crippen molar-refractivity contribution < 1.29 is 9.59 Å². The van der Waals surface area contributed by atoms with Gasteiger partial charge in [-0.2, -0.15) is 0 Å². The van der Waals surface area contributed by atoms with Crippen LogP contribution in [0.3, 0.4) is 0 Å². The molecule has 3 aromatic rings. The number of unbranched alkanes of at least 4 members (excludes halogenated alkanes) is 1. The van der Waals surface area contributed by atoms with Crippen LogP contribution in [0.15, 0.2) is 43.2 Å². The molecule has 2 aromatic heterocycles. The second-order valence-corrected chi connectivity index (χ2v) is 9.17. The largest absolute Gasteiger partial charge is 0.349 e. The molecule has 3 atom stereocenters. The van der Waals surface area contributed by atoms with Crippen LogP contribution < -0.4 is 16.0 Å². The molecule has 4 rings (SSSR count). The molecule has 0 bridgehead atoms. The van der Waals surface area contributed by atoms with Crippen LogP contribution in [-0.4, -0.2) is 50.4 Å². The molecule has 2 heterocycles. The van der Waals surface area contributed by atoms with Gasteiger partial charge in [0.1, 0.15) is 11.7 Å². The topological polar surface area (TPSA) is 128 Å². The number of halogens is 2. The molecule has 5 N–H and O–H groups in total. The molecule has 0 aliphatic heterocycles. The second-order valence-electron chi connectivity index (χ2n) is 8.36. The Balaban J connectivity index is 1.22. The first-order valence-corrected chi connectivity index (χ1v) is 12.0. The lowest BCUT2D eigenvalue weighted by atomic mass is 10.1. The highest BCUT2D eigenvalue weighted by molar-refractivity contribution is 6.42. The van der Waals surface area contributed by atoms with Gasteiger partial charge in [0.15, 0.2) is 0 Å². The van der Waals surface area contributed by atoms with E-state index < -0.39 is 6.04 Å². The minimum Gasteiger partial charge on any atom is -0.349 e. The van der Waals surface area contributed by atoms with Crippen molar-refractivity contribution in [3.63, 3.8) is 0 Å². The standard InChI is InChI=1S/C23H27Cl2N7O2/c24-17-5-4-14(7-18(17)25)16-8-20(16)28-6-2-1-3-19(32-23(34)21-11-27-13-31-21)22(33)29-10-15-9-26-12-30-15/h4-5,7,9,11-13,16,19-20,28H,1-3,6,8,10H2,(H,26,30)(H,27,31)(H,29,33)(H,32,34). The van der Waals surface area contributed by atoms with Crippen molar-refractivity contribution in [3.05, 3.63) is 70.2 Å². The second kappa shape index (κ2) is 11.5. The molecular formula is C23H27Cl2N7O2. The summed E-state index contributed by atoms with van der Waals surface area (Å²) in [6, 6.07) is 5.57. The number of hydrogen-bond acceptors (Lipinski definition) is 5. The molecule has 9 nitrogen and oxygen atoms in total. The van der Waals surface area contributed by atoms with Crippen LogP contribution in [0, 0.1) is 0 Å². The third-order valence-electron chi connectivity index (χ3n) is 5.86. The maximum atomic E-state index is 12.8. The third kappa shape index (κ3) is 6.59. The molecule has 0 saturated heterocycles. The number of benzene rings is 1. The molecule has 1 saturated carbocycles. The lowest BCUT2D eigenvalue weighted by molar-refractivity contribution is -0.123. The van der Waals surface area contributed by atoms with Crippen molar-refractivity contribution >= 4 is 35.0 Å². The van der Waals surface area contributed by atoms with Crippen LogP contribution in [0.4, 0.5) is 0 Å². The predicted octanol–water partition coefficient (Wildman–Crippen LogP) is 3.17. The van der Waals surface area contributed by atoms with Crippen LogP contribution in [0.25, 0.3) is 0 Å². The lowest BCUT2D eigenvalue weighted by Crippen LogP contribution is -2.46. The van der Waals surface area contributed by atoms with E-state index in [1.165, 1.54) is 18.1 Å². The molecule has 1 aliphatic carbocycles. The number of amides is 2. The van der Waals surface area contributed by atoms with E-state index in [2.05, 4.69) is 35.9 Å². The molecule has 11 heteroatoms. The molecule has 1 aromatic carbocycles.